The fraction of sp³-hybridized carbons (Fsp3) is 0.321. The minimum atomic E-state index is -0.679. The summed E-state index contributed by atoms with van der Waals surface area (Å²) in [7, 11) is 0. The monoisotopic (exact) mass is 478 g/mol. The van der Waals surface area contributed by atoms with E-state index in [-0.39, 0.29) is 16.9 Å². The summed E-state index contributed by atoms with van der Waals surface area (Å²) in [4.78, 5) is 10.8. The summed E-state index contributed by atoms with van der Waals surface area (Å²) in [5.74, 6) is -0.505. The van der Waals surface area contributed by atoms with Gasteiger partial charge in [-0.3, -0.25) is 4.79 Å². The van der Waals surface area contributed by atoms with E-state index in [9.17, 15) is 9.18 Å². The van der Waals surface area contributed by atoms with E-state index in [2.05, 4.69) is 0 Å². The third kappa shape index (κ3) is 5.10. The molecule has 5 rings (SSSR count). The minimum absolute atomic E-state index is 0.0533. The molecule has 1 saturated heterocycles. The molecule has 2 aliphatic rings. The molecule has 0 aliphatic carbocycles. The van der Waals surface area contributed by atoms with Gasteiger partial charge in [0.15, 0.2) is 6.29 Å². The van der Waals surface area contributed by atoms with Crippen LogP contribution in [0.5, 0.6) is 0 Å². The first-order valence-corrected chi connectivity index (χ1v) is 12.4. The van der Waals surface area contributed by atoms with E-state index >= 15 is 0 Å². The van der Waals surface area contributed by atoms with Crippen LogP contribution < -0.4 is 0 Å². The Morgan fingerprint density at radius 3 is 2.44 bits per heavy atom. The Morgan fingerprint density at radius 1 is 1.03 bits per heavy atom. The Morgan fingerprint density at radius 2 is 1.74 bits per heavy atom. The molecule has 6 heteroatoms. The van der Waals surface area contributed by atoms with Crippen molar-refractivity contribution in [1.29, 1.82) is 0 Å². The van der Waals surface area contributed by atoms with Crippen LogP contribution in [-0.2, 0) is 39.0 Å². The van der Waals surface area contributed by atoms with Crippen LogP contribution in [0.15, 0.2) is 72.8 Å². The zero-order chi connectivity index (χ0) is 23.4. The van der Waals surface area contributed by atoms with Crippen LogP contribution in [0.25, 0.3) is 0 Å². The van der Waals surface area contributed by atoms with Gasteiger partial charge in [0.1, 0.15) is 10.8 Å². The van der Waals surface area contributed by atoms with E-state index in [1.165, 1.54) is 6.07 Å². The number of ether oxygens (including phenoxy) is 3. The molecule has 1 fully saturated rings. The Balaban J connectivity index is 1.35. The Kier molecular flexibility index (Phi) is 7.11. The number of carbonyl (C=O) groups excluding carboxylic acids is 1. The molecule has 0 amide bonds. The zero-order valence-corrected chi connectivity index (χ0v) is 19.6. The number of halogens is 1. The van der Waals surface area contributed by atoms with Crippen molar-refractivity contribution in [2.75, 3.05) is 6.61 Å². The molecular formula is C28H27FO4S. The van der Waals surface area contributed by atoms with Crippen LogP contribution in [0.3, 0.4) is 0 Å². The van der Waals surface area contributed by atoms with Gasteiger partial charge in [-0.05, 0) is 35.2 Å². The maximum Gasteiger partial charge on any atom is 0.153 e. The van der Waals surface area contributed by atoms with Crippen molar-refractivity contribution >= 4 is 18.0 Å². The number of benzene rings is 3. The van der Waals surface area contributed by atoms with Crippen molar-refractivity contribution in [3.63, 3.8) is 0 Å². The number of rotatable bonds is 8. The summed E-state index contributed by atoms with van der Waals surface area (Å²) in [6, 6.07) is 23.3. The molecule has 34 heavy (non-hydrogen) atoms. The highest BCUT2D eigenvalue weighted by atomic mass is 32.2. The number of fused-ring (bicyclic) bond motifs is 2. The predicted molar refractivity (Wildman–Crippen MR) is 130 cm³/mol. The van der Waals surface area contributed by atoms with E-state index in [0.29, 0.717) is 39.1 Å². The minimum Gasteiger partial charge on any atom is -0.376 e. The highest BCUT2D eigenvalue weighted by molar-refractivity contribution is 8.00. The molecule has 3 atom stereocenters. The van der Waals surface area contributed by atoms with Crippen molar-refractivity contribution in [2.45, 2.75) is 48.9 Å². The third-order valence-electron chi connectivity index (χ3n) is 6.34. The Labute approximate surface area is 203 Å². The second kappa shape index (κ2) is 10.4. The smallest absolute Gasteiger partial charge is 0.153 e. The second-order valence-corrected chi connectivity index (χ2v) is 10.4. The lowest BCUT2D eigenvalue weighted by atomic mass is 9.95. The molecule has 0 saturated carbocycles. The fourth-order valence-electron chi connectivity index (χ4n) is 4.68. The SMILES string of the molecule is O=Cc1cc2c(cc1F)CO[C@@]21CC(OCc2ccccc2)C[C@@H](COCc2ccccc2)S1. The lowest BCUT2D eigenvalue weighted by Gasteiger charge is -2.41. The lowest BCUT2D eigenvalue weighted by molar-refractivity contribution is -0.0495. The number of carbonyl (C=O) groups is 1. The molecule has 2 aliphatic heterocycles. The molecule has 1 unspecified atom stereocenters. The second-order valence-electron chi connectivity index (χ2n) is 8.79. The molecule has 4 nitrogen and oxygen atoms in total. The third-order valence-corrected chi connectivity index (χ3v) is 7.89. The lowest BCUT2D eigenvalue weighted by Crippen LogP contribution is -2.39. The van der Waals surface area contributed by atoms with Crippen molar-refractivity contribution in [1.82, 2.24) is 0 Å². The molecule has 3 aromatic carbocycles. The van der Waals surface area contributed by atoms with Gasteiger partial charge in [-0.25, -0.2) is 4.39 Å². The first-order chi connectivity index (χ1) is 16.6. The summed E-state index contributed by atoms with van der Waals surface area (Å²) in [5, 5.41) is 0.133. The standard InChI is InChI=1S/C28H27FO4S/c29-27-12-23-18-33-28(26(23)11-22(27)15-30)14-24(32-17-21-9-5-2-6-10-21)13-25(34-28)19-31-16-20-7-3-1-4-8-20/h1-12,15,24-25H,13-14,16-19H2/t24?,25-,28+/m0/s1. The molecule has 0 N–H and O–H groups in total. The molecule has 0 bridgehead atoms. The van der Waals surface area contributed by atoms with Crippen molar-refractivity contribution in [3.8, 4) is 0 Å². The number of thioether (sulfide) groups is 1. The van der Waals surface area contributed by atoms with Gasteiger partial charge in [-0.15, -0.1) is 11.8 Å². The van der Waals surface area contributed by atoms with Gasteiger partial charge in [0.25, 0.3) is 0 Å². The summed E-state index contributed by atoms with van der Waals surface area (Å²) < 4.78 is 33.0. The van der Waals surface area contributed by atoms with Crippen molar-refractivity contribution in [3.05, 3.63) is 106 Å². The van der Waals surface area contributed by atoms with Gasteiger partial charge in [0, 0.05) is 17.2 Å². The summed E-state index contributed by atoms with van der Waals surface area (Å²) >= 11 is 1.70. The average molecular weight is 479 g/mol. The van der Waals surface area contributed by atoms with E-state index in [0.717, 1.165) is 28.7 Å². The van der Waals surface area contributed by atoms with Crippen molar-refractivity contribution < 1.29 is 23.4 Å². The molecule has 0 aromatic heterocycles. The summed E-state index contributed by atoms with van der Waals surface area (Å²) in [6.45, 7) is 1.92. The van der Waals surface area contributed by atoms with Gasteiger partial charge >= 0.3 is 0 Å². The maximum atomic E-state index is 14.3. The number of aldehydes is 1. The fourth-order valence-corrected chi connectivity index (χ4v) is 6.42. The van der Waals surface area contributed by atoms with Gasteiger partial charge in [-0.2, -0.15) is 0 Å². The molecular weight excluding hydrogens is 451 g/mol. The van der Waals surface area contributed by atoms with Crippen LogP contribution >= 0.6 is 11.8 Å². The molecule has 0 radical (unpaired) electrons. The van der Waals surface area contributed by atoms with Gasteiger partial charge in [-0.1, -0.05) is 60.7 Å². The Hall–Kier alpha value is -2.51. The molecule has 1 spiro atoms. The average Bonchev–Trinajstić information content (AvgIpc) is 3.19. The summed E-state index contributed by atoms with van der Waals surface area (Å²) in [6.07, 6.45) is 1.98. The van der Waals surface area contributed by atoms with Crippen LogP contribution in [0, 0.1) is 5.82 Å². The highest BCUT2D eigenvalue weighted by Crippen LogP contribution is 2.54. The van der Waals surface area contributed by atoms with E-state index in [4.69, 9.17) is 14.2 Å². The van der Waals surface area contributed by atoms with E-state index < -0.39 is 10.8 Å². The van der Waals surface area contributed by atoms with Gasteiger partial charge in [0.2, 0.25) is 0 Å². The maximum absolute atomic E-state index is 14.3. The molecule has 176 valence electrons. The molecule has 3 aromatic rings. The van der Waals surface area contributed by atoms with Crippen LogP contribution in [-0.4, -0.2) is 24.2 Å². The van der Waals surface area contributed by atoms with Crippen molar-refractivity contribution in [2.24, 2.45) is 0 Å². The predicted octanol–water partition coefficient (Wildman–Crippen LogP) is 6.02. The summed E-state index contributed by atoms with van der Waals surface area (Å²) in [5.41, 5.74) is 3.98. The van der Waals surface area contributed by atoms with Crippen LogP contribution in [0.1, 0.15) is 45.5 Å². The number of hydrogen-bond acceptors (Lipinski definition) is 5. The van der Waals surface area contributed by atoms with Gasteiger partial charge < -0.3 is 14.2 Å². The molecule has 2 heterocycles. The number of hydrogen-bond donors (Lipinski definition) is 0. The van der Waals surface area contributed by atoms with Crippen LogP contribution in [0.2, 0.25) is 0 Å². The topological polar surface area (TPSA) is 44.8 Å². The first-order valence-electron chi connectivity index (χ1n) is 11.5. The highest BCUT2D eigenvalue weighted by Gasteiger charge is 2.48. The quantitative estimate of drug-likeness (QED) is 0.371. The van der Waals surface area contributed by atoms with E-state index in [1.54, 1.807) is 17.8 Å². The zero-order valence-electron chi connectivity index (χ0n) is 18.8. The Bertz CT molecular complexity index is 1120. The first kappa shape index (κ1) is 23.2. The van der Waals surface area contributed by atoms with Gasteiger partial charge in [0.05, 0.1) is 38.1 Å². The normalized spacial score (nSPS) is 23.7. The van der Waals surface area contributed by atoms with E-state index in [1.807, 2.05) is 60.7 Å². The largest absolute Gasteiger partial charge is 0.376 e. The van der Waals surface area contributed by atoms with Crippen LogP contribution in [0.4, 0.5) is 4.39 Å².